The highest BCUT2D eigenvalue weighted by molar-refractivity contribution is 6.04. The number of nitrogens with one attached hydrogen (secondary N) is 1. The van der Waals surface area contributed by atoms with E-state index in [-0.39, 0.29) is 22.0 Å². The molecule has 0 amide bonds. The van der Waals surface area contributed by atoms with Crippen LogP contribution in [0.5, 0.6) is 5.75 Å². The van der Waals surface area contributed by atoms with E-state index in [2.05, 4.69) is 4.98 Å². The number of ether oxygens (including phenoxy) is 2. The van der Waals surface area contributed by atoms with E-state index in [0.29, 0.717) is 23.8 Å². The Kier molecular flexibility index (Phi) is 5.00. The fraction of sp³-hybridized carbons (Fsp3) is 0.286. The Bertz CT molecular complexity index is 1010. The number of aromatic amines is 1. The fourth-order valence-electron chi connectivity index (χ4n) is 3.52. The monoisotopic (exact) mass is 387 g/mol. The van der Waals surface area contributed by atoms with Gasteiger partial charge in [-0.25, -0.2) is 13.6 Å². The molecule has 1 fully saturated rings. The van der Waals surface area contributed by atoms with Crippen LogP contribution < -0.4 is 4.74 Å². The Morgan fingerprint density at radius 1 is 1.29 bits per heavy atom. The van der Waals surface area contributed by atoms with Crippen molar-refractivity contribution in [3.63, 3.8) is 0 Å². The van der Waals surface area contributed by atoms with Gasteiger partial charge in [0.15, 0.2) is 0 Å². The molecule has 1 aliphatic rings. The third-order valence-corrected chi connectivity index (χ3v) is 5.05. The number of rotatable bonds is 6. The lowest BCUT2D eigenvalue weighted by Crippen LogP contribution is -2.06. The number of aromatic carboxylic acids is 1. The second-order valence-electron chi connectivity index (χ2n) is 6.87. The average Bonchev–Trinajstić information content (AvgIpc) is 3.32. The van der Waals surface area contributed by atoms with Gasteiger partial charge in [0.2, 0.25) is 0 Å². The number of H-pyrrole nitrogens is 1. The summed E-state index contributed by atoms with van der Waals surface area (Å²) in [7, 11) is 0. The zero-order valence-corrected chi connectivity index (χ0v) is 15.0. The maximum absolute atomic E-state index is 15.0. The van der Waals surface area contributed by atoms with E-state index >= 15 is 0 Å². The first-order valence-electron chi connectivity index (χ1n) is 9.08. The molecule has 1 aliphatic heterocycles. The summed E-state index contributed by atoms with van der Waals surface area (Å²) in [6, 6.07) is 7.54. The molecule has 4 rings (SSSR count). The van der Waals surface area contributed by atoms with E-state index in [9.17, 15) is 18.7 Å². The van der Waals surface area contributed by atoms with Crippen LogP contribution in [-0.2, 0) is 4.74 Å². The zero-order valence-electron chi connectivity index (χ0n) is 15.0. The molecule has 1 saturated heterocycles. The van der Waals surface area contributed by atoms with Crippen LogP contribution in [0.25, 0.3) is 22.0 Å². The molecule has 3 aromatic rings. The number of hydrogen-bond donors (Lipinski definition) is 2. The molecule has 0 saturated carbocycles. The van der Waals surface area contributed by atoms with E-state index in [1.807, 2.05) is 0 Å². The number of carboxylic acid groups (broad SMARTS) is 1. The quantitative estimate of drug-likeness (QED) is 0.648. The molecule has 0 aliphatic carbocycles. The molecular weight excluding hydrogens is 368 g/mol. The van der Waals surface area contributed by atoms with E-state index in [0.717, 1.165) is 38.3 Å². The van der Waals surface area contributed by atoms with Crippen molar-refractivity contribution in [3.05, 3.63) is 53.7 Å². The third-order valence-electron chi connectivity index (χ3n) is 5.05. The van der Waals surface area contributed by atoms with Gasteiger partial charge in [0.05, 0.1) is 28.6 Å². The van der Waals surface area contributed by atoms with Crippen LogP contribution in [0.1, 0.15) is 23.2 Å². The van der Waals surface area contributed by atoms with Gasteiger partial charge >= 0.3 is 5.97 Å². The normalized spacial score (nSPS) is 16.6. The molecular formula is C21H19F2NO4. The van der Waals surface area contributed by atoms with E-state index < -0.39 is 17.6 Å². The maximum atomic E-state index is 15.0. The predicted octanol–water partition coefficient (Wildman–Crippen LogP) is 4.62. The fourth-order valence-corrected chi connectivity index (χ4v) is 3.52. The highest BCUT2D eigenvalue weighted by Crippen LogP contribution is 2.34. The van der Waals surface area contributed by atoms with Crippen molar-refractivity contribution in [1.82, 2.24) is 4.98 Å². The summed E-state index contributed by atoms with van der Waals surface area (Å²) >= 11 is 0. The molecule has 0 spiro atoms. The molecule has 0 radical (unpaired) electrons. The Morgan fingerprint density at radius 3 is 2.75 bits per heavy atom. The highest BCUT2D eigenvalue weighted by Gasteiger charge is 2.22. The van der Waals surface area contributed by atoms with E-state index in [1.54, 1.807) is 24.3 Å². The van der Waals surface area contributed by atoms with Gasteiger partial charge in [-0.3, -0.25) is 0 Å². The number of aromatic nitrogens is 1. The minimum absolute atomic E-state index is 0.104. The van der Waals surface area contributed by atoms with Crippen molar-refractivity contribution in [2.45, 2.75) is 12.8 Å². The second kappa shape index (κ2) is 7.59. The van der Waals surface area contributed by atoms with Gasteiger partial charge in [0, 0.05) is 19.4 Å². The first-order valence-corrected chi connectivity index (χ1v) is 9.08. The number of halogens is 2. The summed E-state index contributed by atoms with van der Waals surface area (Å²) in [5, 5.41) is 9.08. The molecule has 1 aromatic heterocycles. The SMILES string of the molecule is O=C(O)c1c[nH]c2cc(F)c(-c3ccc(OCCC4CCOC4)cc3)c(F)c12. The molecule has 2 N–H and O–H groups in total. The topological polar surface area (TPSA) is 71.5 Å². The first kappa shape index (κ1) is 18.4. The lowest BCUT2D eigenvalue weighted by atomic mass is 10.0. The minimum Gasteiger partial charge on any atom is -0.494 e. The van der Waals surface area contributed by atoms with Crippen LogP contribution >= 0.6 is 0 Å². The summed E-state index contributed by atoms with van der Waals surface area (Å²) < 4.78 is 40.5. The van der Waals surface area contributed by atoms with Crippen molar-refractivity contribution in [2.24, 2.45) is 5.92 Å². The number of fused-ring (bicyclic) bond motifs is 1. The minimum atomic E-state index is -1.28. The Labute approximate surface area is 159 Å². The van der Waals surface area contributed by atoms with Crippen LogP contribution in [0.15, 0.2) is 36.5 Å². The third kappa shape index (κ3) is 3.45. The largest absolute Gasteiger partial charge is 0.494 e. The highest BCUT2D eigenvalue weighted by atomic mass is 19.1. The summed E-state index contributed by atoms with van der Waals surface area (Å²) in [5.41, 5.74) is -0.0770. The van der Waals surface area contributed by atoms with Crippen LogP contribution in [0.4, 0.5) is 8.78 Å². The standard InChI is InChI=1S/C21H19F2NO4/c22-16-9-17-19(15(10-24-17)21(25)26)20(23)18(16)13-1-3-14(4-2-13)28-8-6-12-5-7-27-11-12/h1-4,9-10,12,24H,5-8,11H2,(H,25,26). The molecule has 7 heteroatoms. The molecule has 1 atom stereocenters. The molecule has 0 bridgehead atoms. The van der Waals surface area contributed by atoms with Gasteiger partial charge in [-0.15, -0.1) is 0 Å². The molecule has 2 heterocycles. The van der Waals surface area contributed by atoms with Crippen LogP contribution in [0.2, 0.25) is 0 Å². The Hall–Kier alpha value is -2.93. The maximum Gasteiger partial charge on any atom is 0.337 e. The average molecular weight is 387 g/mol. The summed E-state index contributed by atoms with van der Waals surface area (Å²) in [5.74, 6) is -1.82. The van der Waals surface area contributed by atoms with Crippen molar-refractivity contribution < 1.29 is 28.2 Å². The summed E-state index contributed by atoms with van der Waals surface area (Å²) in [6.45, 7) is 2.11. The number of carboxylic acids is 1. The molecule has 28 heavy (non-hydrogen) atoms. The first-order chi connectivity index (χ1) is 13.5. The molecule has 146 valence electrons. The molecule has 1 unspecified atom stereocenters. The van der Waals surface area contributed by atoms with Gasteiger partial charge in [-0.05, 0) is 42.5 Å². The van der Waals surface area contributed by atoms with E-state index in [4.69, 9.17) is 9.47 Å². The van der Waals surface area contributed by atoms with E-state index in [1.165, 1.54) is 0 Å². The van der Waals surface area contributed by atoms with Crippen molar-refractivity contribution in [2.75, 3.05) is 19.8 Å². The molecule has 5 nitrogen and oxygen atoms in total. The van der Waals surface area contributed by atoms with Gasteiger partial charge < -0.3 is 19.6 Å². The van der Waals surface area contributed by atoms with Crippen LogP contribution in [0.3, 0.4) is 0 Å². The van der Waals surface area contributed by atoms with Crippen molar-refractivity contribution in [1.29, 1.82) is 0 Å². The van der Waals surface area contributed by atoms with Gasteiger partial charge in [-0.1, -0.05) is 12.1 Å². The number of hydrogen-bond acceptors (Lipinski definition) is 3. The van der Waals surface area contributed by atoms with Crippen molar-refractivity contribution in [3.8, 4) is 16.9 Å². The Morgan fingerprint density at radius 2 is 2.07 bits per heavy atom. The second-order valence-corrected chi connectivity index (χ2v) is 6.87. The number of carbonyl (C=O) groups is 1. The Balaban J connectivity index is 1.57. The van der Waals surface area contributed by atoms with Gasteiger partial charge in [0.25, 0.3) is 0 Å². The van der Waals surface area contributed by atoms with Gasteiger partial charge in [-0.2, -0.15) is 0 Å². The van der Waals surface area contributed by atoms with Crippen molar-refractivity contribution >= 4 is 16.9 Å². The number of benzene rings is 2. The lowest BCUT2D eigenvalue weighted by molar-refractivity contribution is 0.0698. The van der Waals surface area contributed by atoms with Gasteiger partial charge in [0.1, 0.15) is 17.4 Å². The summed E-state index contributed by atoms with van der Waals surface area (Å²) in [6.07, 6.45) is 3.10. The predicted molar refractivity (Wildman–Crippen MR) is 99.6 cm³/mol. The lowest BCUT2D eigenvalue weighted by Gasteiger charge is -2.11. The van der Waals surface area contributed by atoms with Crippen LogP contribution in [-0.4, -0.2) is 35.9 Å². The van der Waals surface area contributed by atoms with Crippen LogP contribution in [0, 0.1) is 17.6 Å². The smallest absolute Gasteiger partial charge is 0.337 e. The zero-order chi connectivity index (χ0) is 19.7. The summed E-state index contributed by atoms with van der Waals surface area (Å²) in [4.78, 5) is 13.9. The molecule has 2 aromatic carbocycles.